The first kappa shape index (κ1) is 57.2. The van der Waals surface area contributed by atoms with Crippen LogP contribution in [0.15, 0.2) is 355 Å². The van der Waals surface area contributed by atoms with Crippen LogP contribution in [0, 0.1) is 0 Å². The van der Waals surface area contributed by atoms with Gasteiger partial charge >= 0.3 is 446 Å². The van der Waals surface area contributed by atoms with Gasteiger partial charge in [0.25, 0.3) is 0 Å². The molecule has 4 aliphatic rings. The Morgan fingerprint density at radius 2 is 0.676 bits per heavy atom. The van der Waals surface area contributed by atoms with Crippen molar-refractivity contribution in [2.45, 2.75) is 0 Å². The molecule has 0 saturated heterocycles. The van der Waals surface area contributed by atoms with Gasteiger partial charge in [-0.05, 0) is 59.3 Å². The number of anilines is 15. The first-order valence-electron chi connectivity index (χ1n) is 34.9. The van der Waals surface area contributed by atoms with Crippen molar-refractivity contribution in [3.8, 4) is 0 Å². The van der Waals surface area contributed by atoms with E-state index >= 15 is 0 Å². The summed E-state index contributed by atoms with van der Waals surface area (Å²) in [5, 5.41) is 8.83. The number of fused-ring (bicyclic) bond motifs is 18. The van der Waals surface area contributed by atoms with Crippen LogP contribution in [0.1, 0.15) is 0 Å². The third kappa shape index (κ3) is 8.58. The van der Waals surface area contributed by atoms with Gasteiger partial charge in [0.15, 0.2) is 0 Å². The van der Waals surface area contributed by atoms with Crippen LogP contribution >= 0.6 is 0 Å². The number of para-hydroxylation sites is 8. The molecule has 7 nitrogen and oxygen atoms in total. The first-order chi connectivity index (χ1) is 50.6. The zero-order valence-corrected chi connectivity index (χ0v) is 56.7. The molecule has 0 radical (unpaired) electrons. The summed E-state index contributed by atoms with van der Waals surface area (Å²) in [6.45, 7) is -0.323. The van der Waals surface area contributed by atoms with Gasteiger partial charge in [-0.3, -0.25) is 0 Å². The van der Waals surface area contributed by atoms with Crippen molar-refractivity contribution in [1.82, 2.24) is 0 Å². The summed E-state index contributed by atoms with van der Waals surface area (Å²) in [6.07, 6.45) is 0. The van der Waals surface area contributed by atoms with Crippen LogP contribution in [0.3, 0.4) is 0 Å². The first-order valence-corrected chi connectivity index (χ1v) is 36.6. The van der Waals surface area contributed by atoms with Gasteiger partial charge in [0, 0.05) is 17.1 Å². The Labute approximate surface area is 595 Å². The van der Waals surface area contributed by atoms with Crippen molar-refractivity contribution in [3.05, 3.63) is 346 Å². The standard InChI is InChI=1S/C92H57B2N5O2Se/c1-8-26-62(27-9-1)95(63-28-10-2-11-29-63)69-46-44-58-52-84-71(50-60(58)48-69)73-54-82-87-89(90(73)100-84)99(68-38-20-7-21-39-68)79-42-24-22-40-75(79)93(87)77-56-78-81(57-80(77)97(82)66-34-16-5-17-35-66)98(67-36-18-6-19-37-67)83-55-74-72-51-61-49-70(96(64-30-12-3-13-31-64)65-32-14-4-15-33-65)47-45-59(61)53-85(72)101-91(74)92-88(83)94(78)76-41-23-25-43-86(76)102-92/h1-57H. The number of hydrogen-bond acceptors (Lipinski definition) is 7. The second-order valence-corrected chi connectivity index (χ2v) is 29.3. The van der Waals surface area contributed by atoms with E-state index < -0.39 is 0 Å². The predicted molar refractivity (Wildman–Crippen MR) is 430 cm³/mol. The SMILES string of the molecule is c1ccc(N(c2ccccc2)c2ccc3cc4oc5c6c7c(cc5c4cc3c2)N(c2ccccc2)c2cc3c(cc2B7c2ccccc2[Se]6)B2c4ccccc4N(c4ccccc4)c4c2c(cc2c4oc4cc5ccc(N(c6ccccc6)c6ccccc6)cc5cc42)N3c2ccccc2)cc1. The molecule has 4 aliphatic heterocycles. The predicted octanol–water partition coefficient (Wildman–Crippen LogP) is 19.1. The monoisotopic (exact) mass is 1370 g/mol. The summed E-state index contributed by atoms with van der Waals surface area (Å²) < 4.78 is 17.7. The van der Waals surface area contributed by atoms with Crippen molar-refractivity contribution >= 4 is 221 Å². The van der Waals surface area contributed by atoms with Crippen molar-refractivity contribution in [3.63, 3.8) is 0 Å². The molecule has 2 aromatic heterocycles. The van der Waals surface area contributed by atoms with Gasteiger partial charge < -0.3 is 4.90 Å². The fraction of sp³-hybridized carbons (Fsp3) is 0. The van der Waals surface area contributed by atoms with Gasteiger partial charge in [0.1, 0.15) is 0 Å². The van der Waals surface area contributed by atoms with E-state index in [1.54, 1.807) is 0 Å². The minimum absolute atomic E-state index is 0.102. The normalized spacial score (nSPS) is 13.2. The van der Waals surface area contributed by atoms with E-state index in [1.807, 2.05) is 0 Å². The maximum atomic E-state index is 7.57. The molecule has 18 aromatic rings. The van der Waals surface area contributed by atoms with Gasteiger partial charge in [0.2, 0.25) is 0 Å². The Kier molecular flexibility index (Phi) is 12.6. The Balaban J connectivity index is 0.799. The third-order valence-corrected chi connectivity index (χ3v) is 24.0. The average molecular weight is 1370 g/mol. The Bertz CT molecular complexity index is 6380. The number of benzene rings is 16. The van der Waals surface area contributed by atoms with Crippen LogP contribution in [0.5, 0.6) is 0 Å². The molecule has 0 fully saturated rings. The van der Waals surface area contributed by atoms with Crippen molar-refractivity contribution in [2.75, 3.05) is 24.5 Å². The summed E-state index contributed by atoms with van der Waals surface area (Å²) >= 11 is -0.102. The maximum absolute atomic E-state index is 7.57. The second-order valence-electron chi connectivity index (χ2n) is 27.1. The molecule has 10 heteroatoms. The van der Waals surface area contributed by atoms with E-state index in [0.29, 0.717) is 0 Å². The third-order valence-electron chi connectivity index (χ3n) is 21.5. The van der Waals surface area contributed by atoms with E-state index in [0.717, 1.165) is 145 Å². The number of rotatable bonds is 9. The molecule has 0 saturated carbocycles. The summed E-state index contributed by atoms with van der Waals surface area (Å²) in [7, 11) is 0. The van der Waals surface area contributed by atoms with E-state index in [4.69, 9.17) is 8.83 Å². The molecule has 0 bridgehead atoms. The van der Waals surface area contributed by atoms with Crippen LogP contribution < -0.4 is 66.2 Å². The van der Waals surface area contributed by atoms with Crippen molar-refractivity contribution in [2.24, 2.45) is 0 Å². The van der Waals surface area contributed by atoms with Crippen molar-refractivity contribution < 1.29 is 8.83 Å². The van der Waals surface area contributed by atoms with E-state index in [2.05, 4.69) is 370 Å². The molecule has 16 aromatic carbocycles. The molecule has 102 heavy (non-hydrogen) atoms. The molecule has 0 aliphatic carbocycles. The van der Waals surface area contributed by atoms with Gasteiger partial charge in [-0.15, -0.1) is 0 Å². The van der Waals surface area contributed by atoms with Gasteiger partial charge in [0.05, 0.1) is 0 Å². The molecule has 474 valence electrons. The Morgan fingerprint density at radius 3 is 1.19 bits per heavy atom. The number of furan rings is 2. The fourth-order valence-corrected chi connectivity index (χ4v) is 19.8. The van der Waals surface area contributed by atoms with Crippen LogP contribution in [-0.2, 0) is 0 Å². The average Bonchev–Trinajstić information content (AvgIpc) is 0.988. The van der Waals surface area contributed by atoms with E-state index in [9.17, 15) is 0 Å². The number of nitrogens with zero attached hydrogens (tertiary/aromatic N) is 5. The molecule has 6 heterocycles. The second kappa shape index (κ2) is 22.4. The van der Waals surface area contributed by atoms with Gasteiger partial charge in [-0.1, -0.05) is 72.8 Å². The van der Waals surface area contributed by atoms with Crippen molar-refractivity contribution in [1.29, 1.82) is 0 Å². The fourth-order valence-electron chi connectivity index (χ4n) is 17.2. The Hall–Kier alpha value is -12.7. The zero-order valence-electron chi connectivity index (χ0n) is 55.0. The van der Waals surface area contributed by atoms with Crippen LogP contribution in [0.2, 0.25) is 0 Å². The van der Waals surface area contributed by atoms with Crippen LogP contribution in [0.4, 0.5) is 85.3 Å². The van der Waals surface area contributed by atoms with Gasteiger partial charge in [-0.25, -0.2) is 0 Å². The summed E-state index contributed by atoms with van der Waals surface area (Å²) in [5.74, 6) is 0. The molecule has 22 rings (SSSR count). The van der Waals surface area contributed by atoms with E-state index in [-0.39, 0.29) is 28.4 Å². The quantitative estimate of drug-likeness (QED) is 0.133. The van der Waals surface area contributed by atoms with E-state index in [1.165, 1.54) is 47.4 Å². The molecule has 0 amide bonds. The number of hydrogen-bond donors (Lipinski definition) is 0. The topological polar surface area (TPSA) is 42.5 Å². The molecular weight excluding hydrogens is 1310 g/mol. The molecule has 0 unspecified atom stereocenters. The Morgan fingerprint density at radius 1 is 0.265 bits per heavy atom. The summed E-state index contributed by atoms with van der Waals surface area (Å²) in [4.78, 5) is 12.3. The van der Waals surface area contributed by atoms with Gasteiger partial charge in [-0.2, -0.15) is 0 Å². The zero-order chi connectivity index (χ0) is 66.7. The summed E-state index contributed by atoms with van der Waals surface area (Å²) in [5.41, 5.74) is 27.7. The van der Waals surface area contributed by atoms with Crippen LogP contribution in [-0.4, -0.2) is 28.4 Å². The summed E-state index contributed by atoms with van der Waals surface area (Å²) in [6, 6.07) is 127. The van der Waals surface area contributed by atoms with Crippen LogP contribution in [0.25, 0.3) is 65.4 Å². The molecular formula is C92H57B2N5O2Se. The minimum atomic E-state index is -0.207. The molecule has 0 N–H and O–H groups in total. The molecule has 0 spiro atoms. The molecule has 0 atom stereocenters.